The Hall–Kier alpha value is -2.29. The van der Waals surface area contributed by atoms with Crippen LogP contribution in [-0.4, -0.2) is 21.8 Å². The van der Waals surface area contributed by atoms with Crippen molar-refractivity contribution in [3.63, 3.8) is 0 Å². The van der Waals surface area contributed by atoms with Crippen LogP contribution in [0.4, 0.5) is 10.1 Å². The van der Waals surface area contributed by atoms with Crippen molar-refractivity contribution in [1.82, 2.24) is 9.78 Å². The van der Waals surface area contributed by atoms with Crippen LogP contribution in [0.2, 0.25) is 0 Å². The van der Waals surface area contributed by atoms with Gasteiger partial charge < -0.3 is 16.2 Å². The summed E-state index contributed by atoms with van der Waals surface area (Å²) in [5.74, 6) is -1.21. The molecule has 0 saturated heterocycles. The third-order valence-corrected chi connectivity index (χ3v) is 2.62. The molecule has 110 valence electrons. The molecule has 0 radical (unpaired) electrons. The highest BCUT2D eigenvalue weighted by atomic mass is 35.5. The molecule has 0 amide bonds. The summed E-state index contributed by atoms with van der Waals surface area (Å²) in [5, 5.41) is 13.9. The van der Waals surface area contributed by atoms with Gasteiger partial charge in [0.2, 0.25) is 0 Å². The van der Waals surface area contributed by atoms with Gasteiger partial charge >= 0.3 is 11.6 Å². The van der Waals surface area contributed by atoms with E-state index in [1.165, 1.54) is 13.2 Å². The molecule has 1 aromatic heterocycles. The maximum atomic E-state index is 13.3. The van der Waals surface area contributed by atoms with Crippen LogP contribution in [0.25, 0.3) is 0 Å². The fourth-order valence-electron chi connectivity index (χ4n) is 1.49. The van der Waals surface area contributed by atoms with Crippen molar-refractivity contribution in [2.45, 2.75) is 13.0 Å². The number of methoxy groups -OCH3 is 1. The summed E-state index contributed by atoms with van der Waals surface area (Å²) in [6.45, 7) is 1.58. The molecule has 1 aromatic rings. The highest BCUT2D eigenvalue weighted by molar-refractivity contribution is 6.29. The summed E-state index contributed by atoms with van der Waals surface area (Å²) in [7, 11) is 1.33. The molecule has 1 heterocycles. The Labute approximate surface area is 118 Å². The molecule has 20 heavy (non-hydrogen) atoms. The van der Waals surface area contributed by atoms with Gasteiger partial charge in [0.15, 0.2) is 5.88 Å². The quantitative estimate of drug-likeness (QED) is 0.278. The fourth-order valence-corrected chi connectivity index (χ4v) is 1.60. The molecule has 1 atom stereocenters. The molecule has 0 bridgehead atoms. The highest BCUT2D eigenvalue weighted by Crippen LogP contribution is 2.25. The molecule has 4 N–H and O–H groups in total. The van der Waals surface area contributed by atoms with Gasteiger partial charge in [-0.15, -0.1) is 5.10 Å². The van der Waals surface area contributed by atoms with E-state index in [0.717, 1.165) is 10.9 Å². The van der Waals surface area contributed by atoms with E-state index >= 15 is 0 Å². The summed E-state index contributed by atoms with van der Waals surface area (Å²) >= 11 is 5.57. The van der Waals surface area contributed by atoms with Crippen molar-refractivity contribution in [3.05, 3.63) is 44.9 Å². The van der Waals surface area contributed by atoms with Crippen molar-refractivity contribution >= 4 is 17.3 Å². The maximum Gasteiger partial charge on any atom is 0.343 e. The van der Waals surface area contributed by atoms with Gasteiger partial charge in [-0.1, -0.05) is 11.6 Å². The first-order chi connectivity index (χ1) is 9.27. The number of rotatable bonds is 5. The second kappa shape index (κ2) is 6.24. The van der Waals surface area contributed by atoms with Gasteiger partial charge in [-0.25, -0.2) is 0 Å². The monoisotopic (exact) mass is 305 g/mol. The molecule has 0 aromatic carbocycles. The minimum atomic E-state index is -1.19. The molecular weight excluding hydrogens is 293 g/mol. The number of ether oxygens (including phenoxy) is 1. The Morgan fingerprint density at radius 2 is 2.30 bits per heavy atom. The molecule has 0 aliphatic rings. The van der Waals surface area contributed by atoms with E-state index in [-0.39, 0.29) is 11.0 Å². The summed E-state index contributed by atoms with van der Waals surface area (Å²) in [6.07, 6.45) is 2.25. The summed E-state index contributed by atoms with van der Waals surface area (Å²) in [6, 6.07) is -0.671. The van der Waals surface area contributed by atoms with E-state index in [0.29, 0.717) is 5.57 Å². The molecule has 0 saturated carbocycles. The first kappa shape index (κ1) is 15.8. The molecule has 0 fully saturated rings. The minimum absolute atomic E-state index is 0.0142. The van der Waals surface area contributed by atoms with Crippen molar-refractivity contribution in [2.75, 3.05) is 7.11 Å². The van der Waals surface area contributed by atoms with Crippen LogP contribution in [0.1, 0.15) is 13.0 Å². The molecule has 0 aliphatic carbocycles. The number of hydrogen-bond donors (Lipinski definition) is 2. The van der Waals surface area contributed by atoms with Crippen LogP contribution in [0.3, 0.4) is 0 Å². The van der Waals surface area contributed by atoms with Crippen LogP contribution in [-0.2, 0) is 4.74 Å². The van der Waals surface area contributed by atoms with Crippen LogP contribution >= 0.6 is 11.6 Å². The van der Waals surface area contributed by atoms with E-state index in [9.17, 15) is 14.5 Å². The average Bonchev–Trinajstić information content (AvgIpc) is 2.76. The zero-order valence-electron chi connectivity index (χ0n) is 10.7. The van der Waals surface area contributed by atoms with Crippen LogP contribution < -0.4 is 11.5 Å². The smallest absolute Gasteiger partial charge is 0.343 e. The molecule has 0 aliphatic heterocycles. The van der Waals surface area contributed by atoms with Crippen LogP contribution in [0.5, 0.6) is 0 Å². The van der Waals surface area contributed by atoms with Crippen molar-refractivity contribution in [3.8, 4) is 0 Å². The lowest BCUT2D eigenvalue weighted by molar-refractivity contribution is -0.387. The number of hydrogen-bond acceptors (Lipinski definition) is 6. The van der Waals surface area contributed by atoms with E-state index in [4.69, 9.17) is 27.8 Å². The summed E-state index contributed by atoms with van der Waals surface area (Å²) in [5.41, 5.74) is 10.6. The summed E-state index contributed by atoms with van der Waals surface area (Å²) < 4.78 is 19.2. The lowest BCUT2D eigenvalue weighted by atomic mass is 10.1. The Morgan fingerprint density at radius 3 is 2.70 bits per heavy atom. The zero-order chi connectivity index (χ0) is 15.4. The van der Waals surface area contributed by atoms with Gasteiger partial charge in [0.1, 0.15) is 6.20 Å². The lowest BCUT2D eigenvalue weighted by Gasteiger charge is -2.15. The largest absolute Gasteiger partial charge is 0.482 e. The first-order valence-corrected chi connectivity index (χ1v) is 5.71. The van der Waals surface area contributed by atoms with E-state index in [1.807, 2.05) is 0 Å². The SMILES string of the molecule is CO/C(N)=C(/C=C(\N)Cl)[C@H](C)n1cc([N+](=O)[O-])c(F)n1. The van der Waals surface area contributed by atoms with Crippen LogP contribution in [0, 0.1) is 16.1 Å². The Balaban J connectivity index is 3.27. The Bertz CT molecular complexity index is 579. The maximum absolute atomic E-state index is 13.3. The van der Waals surface area contributed by atoms with Gasteiger partial charge in [-0.05, 0) is 13.0 Å². The van der Waals surface area contributed by atoms with E-state index in [2.05, 4.69) is 5.10 Å². The third-order valence-electron chi connectivity index (χ3n) is 2.51. The molecule has 0 spiro atoms. The van der Waals surface area contributed by atoms with Crippen molar-refractivity contribution in [2.24, 2.45) is 11.5 Å². The number of nitrogens with zero attached hydrogens (tertiary/aromatic N) is 3. The topological polar surface area (TPSA) is 122 Å². The number of nitro groups is 1. The second-order valence-electron chi connectivity index (χ2n) is 3.77. The number of allylic oxidation sites excluding steroid dienone is 2. The Kier molecular flexibility index (Phi) is 4.92. The molecule has 0 unspecified atom stereocenters. The van der Waals surface area contributed by atoms with Gasteiger partial charge in [-0.3, -0.25) is 14.8 Å². The second-order valence-corrected chi connectivity index (χ2v) is 4.21. The third kappa shape index (κ3) is 3.38. The predicted molar refractivity (Wildman–Crippen MR) is 69.9 cm³/mol. The first-order valence-electron chi connectivity index (χ1n) is 5.33. The van der Waals surface area contributed by atoms with Crippen molar-refractivity contribution in [1.29, 1.82) is 0 Å². The lowest BCUT2D eigenvalue weighted by Crippen LogP contribution is -2.15. The molecule has 1 rings (SSSR count). The summed E-state index contributed by atoms with van der Waals surface area (Å²) in [4.78, 5) is 9.72. The van der Waals surface area contributed by atoms with Crippen LogP contribution in [0.15, 0.2) is 28.9 Å². The van der Waals surface area contributed by atoms with E-state index < -0.39 is 22.6 Å². The highest BCUT2D eigenvalue weighted by Gasteiger charge is 2.23. The number of aromatic nitrogens is 2. The Morgan fingerprint density at radius 1 is 1.70 bits per heavy atom. The van der Waals surface area contributed by atoms with Gasteiger partial charge in [0, 0.05) is 5.57 Å². The van der Waals surface area contributed by atoms with Gasteiger partial charge in [0.05, 0.1) is 23.2 Å². The average molecular weight is 306 g/mol. The number of nitrogens with two attached hydrogens (primary N) is 2. The van der Waals surface area contributed by atoms with Gasteiger partial charge in [0.25, 0.3) is 0 Å². The molecular formula is C10H13ClFN5O3. The number of halogens is 2. The normalized spacial score (nSPS) is 14.7. The molecule has 8 nitrogen and oxygen atoms in total. The van der Waals surface area contributed by atoms with Gasteiger partial charge in [-0.2, -0.15) is 4.39 Å². The molecule has 10 heteroatoms. The van der Waals surface area contributed by atoms with E-state index in [1.54, 1.807) is 6.92 Å². The predicted octanol–water partition coefficient (Wildman–Crippen LogP) is 1.35. The minimum Gasteiger partial charge on any atom is -0.482 e. The fraction of sp³-hybridized carbons (Fsp3) is 0.300. The standard InChI is InChI=1S/C10H13ClFN5O3/c1-5(6(3-8(11)13)10(14)20-2)16-4-7(17(18)19)9(12)15-16/h3-5H,13-14H2,1-2H3/b8-3-,10-6-/t5-/m0/s1. The zero-order valence-corrected chi connectivity index (χ0v) is 11.5. The van der Waals surface area contributed by atoms with Crippen molar-refractivity contribution < 1.29 is 14.1 Å².